The minimum atomic E-state index is -3.76. The van der Waals surface area contributed by atoms with Crippen LogP contribution >= 0.6 is 0 Å². The highest BCUT2D eigenvalue weighted by atomic mass is 32.2. The second kappa shape index (κ2) is 8.09. The molecule has 0 heterocycles. The number of rotatable bonds is 6. The topological polar surface area (TPSA) is 66.5 Å². The molecule has 0 aliphatic carbocycles. The molecule has 29 heavy (non-hydrogen) atoms. The van der Waals surface area contributed by atoms with E-state index >= 15 is 0 Å². The number of para-hydroxylation sites is 1. The van der Waals surface area contributed by atoms with Gasteiger partial charge in [0.15, 0.2) is 0 Å². The Labute approximate surface area is 172 Å². The third-order valence-corrected chi connectivity index (χ3v) is 6.71. The van der Waals surface area contributed by atoms with Gasteiger partial charge in [0.25, 0.3) is 10.0 Å². The van der Waals surface area contributed by atoms with Gasteiger partial charge in [0.1, 0.15) is 0 Å². The van der Waals surface area contributed by atoms with E-state index < -0.39 is 15.4 Å². The molecule has 0 aliphatic rings. The predicted molar refractivity (Wildman–Crippen MR) is 117 cm³/mol. The lowest BCUT2D eigenvalue weighted by molar-refractivity contribution is -0.120. The maximum absolute atomic E-state index is 13.0. The fourth-order valence-corrected chi connectivity index (χ4v) is 4.18. The van der Waals surface area contributed by atoms with Gasteiger partial charge >= 0.3 is 0 Å². The molecular formula is C23H24N2O3S. The summed E-state index contributed by atoms with van der Waals surface area (Å²) in [5, 5.41) is 2.85. The molecule has 6 heteroatoms. The number of hydrogen-bond acceptors (Lipinski definition) is 3. The molecule has 0 saturated carbocycles. The first-order valence-corrected chi connectivity index (χ1v) is 10.7. The zero-order valence-corrected chi connectivity index (χ0v) is 17.5. The molecule has 3 rings (SSSR count). The third kappa shape index (κ3) is 4.32. The fraction of sp³-hybridized carbons (Fsp3) is 0.174. The summed E-state index contributed by atoms with van der Waals surface area (Å²) in [6.45, 7) is 3.67. The average molecular weight is 409 g/mol. The Bertz CT molecular complexity index is 1100. The maximum Gasteiger partial charge on any atom is 0.264 e. The summed E-state index contributed by atoms with van der Waals surface area (Å²) in [5.41, 5.74) is 1.11. The molecule has 5 nitrogen and oxygen atoms in total. The molecule has 0 aromatic heterocycles. The summed E-state index contributed by atoms with van der Waals surface area (Å²) in [5.74, 6) is -0.213. The van der Waals surface area contributed by atoms with Gasteiger partial charge in [0.05, 0.1) is 16.0 Å². The van der Waals surface area contributed by atoms with Crippen molar-refractivity contribution in [2.75, 3.05) is 16.7 Å². The predicted octanol–water partition coefficient (Wildman–Crippen LogP) is 4.43. The molecule has 0 radical (unpaired) electrons. The number of amides is 1. The number of hydrogen-bond donors (Lipinski definition) is 1. The molecule has 0 fully saturated rings. The zero-order valence-electron chi connectivity index (χ0n) is 16.7. The Morgan fingerprint density at radius 3 is 2.07 bits per heavy atom. The van der Waals surface area contributed by atoms with Gasteiger partial charge in [0.2, 0.25) is 5.91 Å². The number of benzene rings is 3. The van der Waals surface area contributed by atoms with Crippen LogP contribution in [0.15, 0.2) is 89.8 Å². The first kappa shape index (κ1) is 20.6. The Kier molecular flexibility index (Phi) is 5.75. The fourth-order valence-electron chi connectivity index (χ4n) is 2.94. The van der Waals surface area contributed by atoms with Crippen molar-refractivity contribution >= 4 is 27.3 Å². The third-order valence-electron chi connectivity index (χ3n) is 4.93. The molecular weight excluding hydrogens is 384 g/mol. The van der Waals surface area contributed by atoms with Crippen molar-refractivity contribution in [3.05, 3.63) is 90.5 Å². The summed E-state index contributed by atoms with van der Waals surface area (Å²) in [6, 6.07) is 24.6. The van der Waals surface area contributed by atoms with Crippen molar-refractivity contribution in [1.29, 1.82) is 0 Å². The number of nitrogens with zero attached hydrogens (tertiary/aromatic N) is 1. The Morgan fingerprint density at radius 1 is 0.862 bits per heavy atom. The summed E-state index contributed by atoms with van der Waals surface area (Å²) in [7, 11) is -2.25. The van der Waals surface area contributed by atoms with Crippen LogP contribution in [0.2, 0.25) is 0 Å². The molecule has 150 valence electrons. The monoisotopic (exact) mass is 408 g/mol. The van der Waals surface area contributed by atoms with E-state index in [4.69, 9.17) is 0 Å². The minimum absolute atomic E-state index is 0.110. The van der Waals surface area contributed by atoms with Gasteiger partial charge in [-0.05, 0) is 49.7 Å². The van der Waals surface area contributed by atoms with Crippen LogP contribution in [-0.4, -0.2) is 21.4 Å². The van der Waals surface area contributed by atoms with Crippen molar-refractivity contribution in [1.82, 2.24) is 0 Å². The molecule has 0 bridgehead atoms. The van der Waals surface area contributed by atoms with E-state index in [-0.39, 0.29) is 10.8 Å². The van der Waals surface area contributed by atoms with Crippen molar-refractivity contribution in [3.63, 3.8) is 0 Å². The molecule has 3 aromatic rings. The van der Waals surface area contributed by atoms with E-state index in [1.165, 1.54) is 23.5 Å². The SMILES string of the molecule is CN(c1ccccc1)S(=O)(=O)c1cccc(NC(=O)C(C)(C)c2ccccc2)c1. The van der Waals surface area contributed by atoms with E-state index in [9.17, 15) is 13.2 Å². The number of carbonyl (C=O) groups is 1. The Morgan fingerprint density at radius 2 is 1.45 bits per heavy atom. The number of sulfonamides is 1. The van der Waals surface area contributed by atoms with E-state index in [0.29, 0.717) is 11.4 Å². The van der Waals surface area contributed by atoms with Crippen molar-refractivity contribution < 1.29 is 13.2 Å². The molecule has 0 spiro atoms. The van der Waals surface area contributed by atoms with Gasteiger partial charge in [0, 0.05) is 12.7 Å². The molecule has 1 amide bonds. The van der Waals surface area contributed by atoms with E-state index in [1.807, 2.05) is 50.2 Å². The largest absolute Gasteiger partial charge is 0.325 e. The van der Waals surface area contributed by atoms with E-state index in [1.54, 1.807) is 36.4 Å². The van der Waals surface area contributed by atoms with Gasteiger partial charge in [-0.1, -0.05) is 54.6 Å². The van der Waals surface area contributed by atoms with Crippen LogP contribution in [0.3, 0.4) is 0 Å². The normalized spacial score (nSPS) is 11.7. The van der Waals surface area contributed by atoms with Crippen molar-refractivity contribution in [2.24, 2.45) is 0 Å². The molecule has 0 saturated heterocycles. The van der Waals surface area contributed by atoms with Gasteiger partial charge in [-0.3, -0.25) is 9.10 Å². The van der Waals surface area contributed by atoms with Crippen molar-refractivity contribution in [2.45, 2.75) is 24.2 Å². The van der Waals surface area contributed by atoms with Crippen LogP contribution in [0.25, 0.3) is 0 Å². The van der Waals surface area contributed by atoms with Gasteiger partial charge in [-0.2, -0.15) is 0 Å². The number of nitrogens with one attached hydrogen (secondary N) is 1. The van der Waals surface area contributed by atoms with Gasteiger partial charge in [-0.25, -0.2) is 8.42 Å². The number of carbonyl (C=O) groups excluding carboxylic acids is 1. The second-order valence-electron chi connectivity index (χ2n) is 7.28. The lowest BCUT2D eigenvalue weighted by Crippen LogP contribution is -2.34. The van der Waals surface area contributed by atoms with Crippen LogP contribution in [0.5, 0.6) is 0 Å². The summed E-state index contributed by atoms with van der Waals surface area (Å²) in [6.07, 6.45) is 0. The summed E-state index contributed by atoms with van der Waals surface area (Å²) < 4.78 is 27.2. The smallest absolute Gasteiger partial charge is 0.264 e. The van der Waals surface area contributed by atoms with Gasteiger partial charge < -0.3 is 5.32 Å². The quantitative estimate of drug-likeness (QED) is 0.656. The Hall–Kier alpha value is -3.12. The summed E-state index contributed by atoms with van der Waals surface area (Å²) >= 11 is 0. The first-order valence-electron chi connectivity index (χ1n) is 9.24. The van der Waals surface area contributed by atoms with Crippen LogP contribution < -0.4 is 9.62 Å². The summed E-state index contributed by atoms with van der Waals surface area (Å²) in [4.78, 5) is 13.0. The van der Waals surface area contributed by atoms with Crippen LogP contribution in [-0.2, 0) is 20.2 Å². The molecule has 0 unspecified atom stereocenters. The Balaban J connectivity index is 1.85. The lowest BCUT2D eigenvalue weighted by Gasteiger charge is -2.24. The molecule has 0 atom stereocenters. The standard InChI is InChI=1S/C23H24N2O3S/c1-23(2,18-11-6-4-7-12-18)22(26)24-19-13-10-16-21(17-19)29(27,28)25(3)20-14-8-5-9-15-20/h4-17H,1-3H3,(H,24,26). The van der Waals surface area contributed by atoms with Crippen LogP contribution in [0.4, 0.5) is 11.4 Å². The maximum atomic E-state index is 13.0. The highest BCUT2D eigenvalue weighted by Crippen LogP contribution is 2.27. The lowest BCUT2D eigenvalue weighted by atomic mass is 9.83. The minimum Gasteiger partial charge on any atom is -0.325 e. The second-order valence-corrected chi connectivity index (χ2v) is 9.25. The first-order chi connectivity index (χ1) is 13.7. The highest BCUT2D eigenvalue weighted by Gasteiger charge is 2.30. The number of anilines is 2. The highest BCUT2D eigenvalue weighted by molar-refractivity contribution is 7.92. The molecule has 0 aliphatic heterocycles. The zero-order chi connectivity index (χ0) is 21.1. The van der Waals surface area contributed by atoms with Crippen LogP contribution in [0, 0.1) is 0 Å². The van der Waals surface area contributed by atoms with E-state index in [2.05, 4.69) is 5.32 Å². The van der Waals surface area contributed by atoms with E-state index in [0.717, 1.165) is 5.56 Å². The van der Waals surface area contributed by atoms with Crippen molar-refractivity contribution in [3.8, 4) is 0 Å². The molecule has 3 aromatic carbocycles. The molecule has 1 N–H and O–H groups in total. The average Bonchev–Trinajstić information content (AvgIpc) is 2.74. The van der Waals surface area contributed by atoms with Gasteiger partial charge in [-0.15, -0.1) is 0 Å². The van der Waals surface area contributed by atoms with Crippen LogP contribution in [0.1, 0.15) is 19.4 Å².